The number of hydrogen-bond donors (Lipinski definition) is 1. The molecule has 1 N–H and O–H groups in total. The molecule has 0 fully saturated rings. The van der Waals surface area contributed by atoms with Crippen molar-refractivity contribution in [3.63, 3.8) is 0 Å². The summed E-state index contributed by atoms with van der Waals surface area (Å²) < 4.78 is 21.3. The van der Waals surface area contributed by atoms with Crippen molar-refractivity contribution < 1.29 is 23.3 Å². The molecule has 0 amide bonds. The Balaban J connectivity index is 1.95. The highest BCUT2D eigenvalue weighted by Crippen LogP contribution is 2.44. The van der Waals surface area contributed by atoms with Gasteiger partial charge >= 0.3 is 13.8 Å². The van der Waals surface area contributed by atoms with Gasteiger partial charge in [0, 0.05) is 6.42 Å². The molecule has 0 heterocycles. The Labute approximate surface area is 182 Å². The molecule has 1 aromatic rings. The zero-order chi connectivity index (χ0) is 21.9. The maximum Gasteiger partial charge on any atom is 0.587 e. The van der Waals surface area contributed by atoms with Crippen LogP contribution in [0.1, 0.15) is 96.8 Å². The van der Waals surface area contributed by atoms with Gasteiger partial charge in [-0.05, 0) is 44.2 Å². The molecule has 0 bridgehead atoms. The smallest absolute Gasteiger partial charge is 0.395 e. The number of hydrogen-bond acceptors (Lipinski definition) is 4. The quantitative estimate of drug-likeness (QED) is 0.144. The van der Waals surface area contributed by atoms with Crippen LogP contribution in [0.15, 0.2) is 42.5 Å². The lowest BCUT2D eigenvalue weighted by Gasteiger charge is -2.12. The maximum atomic E-state index is 11.8. The van der Waals surface area contributed by atoms with Crippen LogP contribution in [-0.2, 0) is 13.9 Å². The number of rotatable bonds is 18. The zero-order valence-corrected chi connectivity index (χ0v) is 19.4. The fraction of sp³-hybridized carbons (Fsp3) is 0.625. The van der Waals surface area contributed by atoms with E-state index in [2.05, 4.69) is 23.6 Å². The summed E-state index contributed by atoms with van der Waals surface area (Å²) in [4.78, 5) is 21.4. The van der Waals surface area contributed by atoms with Crippen molar-refractivity contribution in [2.45, 2.75) is 96.8 Å². The van der Waals surface area contributed by atoms with Crippen molar-refractivity contribution in [3.05, 3.63) is 42.5 Å². The highest BCUT2D eigenvalue weighted by atomic mass is 31.2. The standard InChI is InChI=1S/C24H39O5P/c1-2-3-4-5-6-7-8-9-10-11-12-13-14-15-19-22-24(25)29-30(26,27)28-23-20-17-16-18-21-23/h9-10,16-18,20-21H,2-8,11-15,19,22H2,1H3,(H,26,27)/b10-9-. The van der Waals surface area contributed by atoms with E-state index in [9.17, 15) is 14.3 Å². The number of phosphoric acid groups is 1. The van der Waals surface area contributed by atoms with Crippen LogP contribution in [0.25, 0.3) is 0 Å². The third-order valence-corrected chi connectivity index (χ3v) is 5.70. The Kier molecular flexibility index (Phi) is 15.1. The highest BCUT2D eigenvalue weighted by molar-refractivity contribution is 7.48. The van der Waals surface area contributed by atoms with Gasteiger partial charge in [-0.2, -0.15) is 0 Å². The Morgan fingerprint density at radius 1 is 0.867 bits per heavy atom. The summed E-state index contributed by atoms with van der Waals surface area (Å²) in [6.45, 7) is 2.25. The van der Waals surface area contributed by atoms with Crippen LogP contribution < -0.4 is 4.52 Å². The van der Waals surface area contributed by atoms with Crippen LogP contribution in [0, 0.1) is 0 Å². The molecule has 170 valence electrons. The average molecular weight is 439 g/mol. The molecule has 0 saturated heterocycles. The van der Waals surface area contributed by atoms with Gasteiger partial charge in [0.05, 0.1) is 0 Å². The van der Waals surface area contributed by atoms with Gasteiger partial charge in [0.25, 0.3) is 0 Å². The molecular weight excluding hydrogens is 399 g/mol. The topological polar surface area (TPSA) is 72.8 Å². The molecular formula is C24H39O5P. The summed E-state index contributed by atoms with van der Waals surface area (Å²) in [6, 6.07) is 8.15. The monoisotopic (exact) mass is 438 g/mol. The first-order valence-electron chi connectivity index (χ1n) is 11.5. The van der Waals surface area contributed by atoms with Crippen LogP contribution >= 0.6 is 7.82 Å². The molecule has 0 aromatic heterocycles. The molecule has 1 rings (SSSR count). The van der Waals surface area contributed by atoms with Gasteiger partial charge in [-0.1, -0.05) is 88.6 Å². The molecule has 0 aliphatic heterocycles. The molecule has 30 heavy (non-hydrogen) atoms. The summed E-state index contributed by atoms with van der Waals surface area (Å²) in [5, 5.41) is 0. The second kappa shape index (κ2) is 17.1. The number of phosphoric ester groups is 1. The van der Waals surface area contributed by atoms with E-state index in [1.807, 2.05) is 0 Å². The van der Waals surface area contributed by atoms with Gasteiger partial charge in [0.1, 0.15) is 5.75 Å². The molecule has 5 nitrogen and oxygen atoms in total. The first-order valence-corrected chi connectivity index (χ1v) is 13.0. The van der Waals surface area contributed by atoms with Crippen molar-refractivity contribution in [1.29, 1.82) is 0 Å². The van der Waals surface area contributed by atoms with Crippen molar-refractivity contribution in [2.24, 2.45) is 0 Å². The molecule has 0 spiro atoms. The zero-order valence-electron chi connectivity index (χ0n) is 18.5. The van der Waals surface area contributed by atoms with Gasteiger partial charge in [-0.3, -0.25) is 9.69 Å². The second-order valence-electron chi connectivity index (χ2n) is 7.67. The van der Waals surface area contributed by atoms with Gasteiger partial charge in [0.15, 0.2) is 0 Å². The van der Waals surface area contributed by atoms with E-state index < -0.39 is 13.8 Å². The van der Waals surface area contributed by atoms with Crippen LogP contribution in [0.4, 0.5) is 0 Å². The third kappa shape index (κ3) is 15.3. The summed E-state index contributed by atoms with van der Waals surface area (Å²) >= 11 is 0. The van der Waals surface area contributed by atoms with Gasteiger partial charge in [0.2, 0.25) is 0 Å². The minimum atomic E-state index is -4.42. The van der Waals surface area contributed by atoms with E-state index in [1.54, 1.807) is 18.2 Å². The Hall–Kier alpha value is -1.58. The fourth-order valence-corrected chi connectivity index (χ4v) is 3.92. The van der Waals surface area contributed by atoms with E-state index >= 15 is 0 Å². The number of para-hydroxylation sites is 1. The van der Waals surface area contributed by atoms with Crippen molar-refractivity contribution in [2.75, 3.05) is 0 Å². The predicted molar refractivity (Wildman–Crippen MR) is 122 cm³/mol. The van der Waals surface area contributed by atoms with Crippen molar-refractivity contribution >= 4 is 13.8 Å². The van der Waals surface area contributed by atoms with Gasteiger partial charge < -0.3 is 9.05 Å². The second-order valence-corrected chi connectivity index (χ2v) is 8.97. The van der Waals surface area contributed by atoms with Crippen LogP contribution in [0.3, 0.4) is 0 Å². The van der Waals surface area contributed by atoms with E-state index in [0.29, 0.717) is 6.42 Å². The molecule has 1 unspecified atom stereocenters. The largest absolute Gasteiger partial charge is 0.587 e. The summed E-state index contributed by atoms with van der Waals surface area (Å²) in [6.07, 6.45) is 20.0. The first-order chi connectivity index (χ1) is 14.5. The van der Waals surface area contributed by atoms with Gasteiger partial charge in [-0.25, -0.2) is 4.57 Å². The van der Waals surface area contributed by atoms with Gasteiger partial charge in [-0.15, -0.1) is 0 Å². The number of allylic oxidation sites excluding steroid dienone is 2. The first kappa shape index (κ1) is 26.5. The molecule has 0 aliphatic carbocycles. The SMILES string of the molecule is CCCCCCCC/C=C\CCCCCCCC(=O)OP(=O)(O)Oc1ccccc1. The number of carbonyl (C=O) groups excluding carboxylic acids is 1. The molecule has 0 saturated carbocycles. The Morgan fingerprint density at radius 3 is 2.00 bits per heavy atom. The lowest BCUT2D eigenvalue weighted by Crippen LogP contribution is -2.06. The van der Waals surface area contributed by atoms with Crippen LogP contribution in [0.5, 0.6) is 5.75 Å². The number of unbranched alkanes of at least 4 members (excludes halogenated alkanes) is 11. The maximum absolute atomic E-state index is 11.8. The normalized spacial score (nSPS) is 13.3. The lowest BCUT2D eigenvalue weighted by atomic mass is 10.1. The van der Waals surface area contributed by atoms with E-state index in [4.69, 9.17) is 4.52 Å². The summed E-state index contributed by atoms with van der Waals surface area (Å²) in [5.41, 5.74) is 0. The van der Waals surface area contributed by atoms with E-state index in [0.717, 1.165) is 32.1 Å². The van der Waals surface area contributed by atoms with E-state index in [1.165, 1.54) is 57.1 Å². The fourth-order valence-electron chi connectivity index (χ4n) is 3.15. The average Bonchev–Trinajstić information content (AvgIpc) is 2.71. The van der Waals surface area contributed by atoms with Crippen LogP contribution in [0.2, 0.25) is 0 Å². The minimum absolute atomic E-state index is 0.126. The molecule has 1 aromatic carbocycles. The minimum Gasteiger partial charge on any atom is -0.395 e. The van der Waals surface area contributed by atoms with Crippen molar-refractivity contribution in [1.82, 2.24) is 0 Å². The molecule has 1 atom stereocenters. The number of carbonyl (C=O) groups is 1. The van der Waals surface area contributed by atoms with Crippen LogP contribution in [-0.4, -0.2) is 10.9 Å². The van der Waals surface area contributed by atoms with E-state index in [-0.39, 0.29) is 12.2 Å². The number of benzene rings is 1. The molecule has 0 radical (unpaired) electrons. The summed E-state index contributed by atoms with van der Waals surface area (Å²) in [5.74, 6) is -0.508. The highest BCUT2D eigenvalue weighted by Gasteiger charge is 2.27. The molecule has 6 heteroatoms. The Morgan fingerprint density at radius 2 is 1.40 bits per heavy atom. The summed E-state index contributed by atoms with van der Waals surface area (Å²) in [7, 11) is -4.42. The third-order valence-electron chi connectivity index (χ3n) is 4.82. The van der Waals surface area contributed by atoms with Crippen molar-refractivity contribution in [3.8, 4) is 5.75 Å². The predicted octanol–water partition coefficient (Wildman–Crippen LogP) is 7.75. The Bertz CT molecular complexity index is 630. The molecule has 0 aliphatic rings. The lowest BCUT2D eigenvalue weighted by molar-refractivity contribution is -0.135.